The van der Waals surface area contributed by atoms with E-state index in [9.17, 15) is 4.79 Å². The first-order chi connectivity index (χ1) is 7.99. The second-order valence-electron chi connectivity index (χ2n) is 5.67. The number of rotatable bonds is 3. The van der Waals surface area contributed by atoms with Crippen molar-refractivity contribution in [1.82, 2.24) is 4.90 Å². The van der Waals surface area contributed by atoms with Crippen molar-refractivity contribution in [2.45, 2.75) is 39.0 Å². The Hall–Kier alpha value is -1.31. The molecule has 17 heavy (non-hydrogen) atoms. The van der Waals surface area contributed by atoms with Gasteiger partial charge in [-0.3, -0.25) is 4.79 Å². The number of nitrogens with zero attached hydrogens (tertiary/aromatic N) is 1. The Morgan fingerprint density at radius 3 is 2.41 bits per heavy atom. The molecular weight excluding hydrogens is 210 g/mol. The molecule has 1 aromatic carbocycles. The highest BCUT2D eigenvalue weighted by atomic mass is 16.2. The second-order valence-corrected chi connectivity index (χ2v) is 5.67. The summed E-state index contributed by atoms with van der Waals surface area (Å²) in [4.78, 5) is 13.7. The van der Waals surface area contributed by atoms with Crippen molar-refractivity contribution < 1.29 is 4.79 Å². The van der Waals surface area contributed by atoms with E-state index in [1.807, 2.05) is 4.90 Å². The summed E-state index contributed by atoms with van der Waals surface area (Å²) >= 11 is 0. The summed E-state index contributed by atoms with van der Waals surface area (Å²) in [6.07, 6.45) is 1.74. The number of carbonyl (C=O) groups excluding carboxylic acids is 1. The van der Waals surface area contributed by atoms with Gasteiger partial charge in [0.25, 0.3) is 0 Å². The molecule has 2 heteroatoms. The summed E-state index contributed by atoms with van der Waals surface area (Å²) in [5, 5.41) is 0. The van der Waals surface area contributed by atoms with Gasteiger partial charge in [0.05, 0.1) is 0 Å². The first-order valence-electron chi connectivity index (χ1n) is 6.34. The number of hydrogen-bond acceptors (Lipinski definition) is 1. The first-order valence-corrected chi connectivity index (χ1v) is 6.34. The van der Waals surface area contributed by atoms with Crippen LogP contribution in [0.3, 0.4) is 0 Å². The van der Waals surface area contributed by atoms with Gasteiger partial charge < -0.3 is 4.90 Å². The highest BCUT2D eigenvalue weighted by molar-refractivity contribution is 5.78. The molecule has 0 unspecified atom stereocenters. The average molecular weight is 231 g/mol. The van der Waals surface area contributed by atoms with Crippen molar-refractivity contribution in [3.05, 3.63) is 35.4 Å². The van der Waals surface area contributed by atoms with Crippen molar-refractivity contribution in [3.8, 4) is 0 Å². The van der Waals surface area contributed by atoms with Gasteiger partial charge in [0, 0.05) is 24.9 Å². The molecular formula is C15H21NO. The molecule has 0 N–H and O–H groups in total. The Balaban J connectivity index is 2.12. The number of benzene rings is 1. The third-order valence-electron chi connectivity index (χ3n) is 3.59. The van der Waals surface area contributed by atoms with Gasteiger partial charge in [0.15, 0.2) is 0 Å². The van der Waals surface area contributed by atoms with E-state index >= 15 is 0 Å². The third-order valence-corrected chi connectivity index (χ3v) is 3.59. The average Bonchev–Trinajstić information content (AvgIpc) is 2.64. The van der Waals surface area contributed by atoms with Gasteiger partial charge >= 0.3 is 0 Å². The minimum Gasteiger partial charge on any atom is -0.342 e. The Morgan fingerprint density at radius 1 is 1.24 bits per heavy atom. The van der Waals surface area contributed by atoms with Crippen molar-refractivity contribution >= 4 is 5.91 Å². The highest BCUT2D eigenvalue weighted by Crippen LogP contribution is 2.26. The fraction of sp³-hybridized carbons (Fsp3) is 0.533. The lowest BCUT2D eigenvalue weighted by atomic mass is 9.84. The standard InChI is InChI=1S/C15H21NO/c1-12-6-8-13(9-7-12)15(2,3)11-16-10-4-5-14(16)17/h6-9H,4-5,10-11H2,1-3H3. The van der Waals surface area contributed by atoms with Crippen LogP contribution in [0.5, 0.6) is 0 Å². The maximum atomic E-state index is 11.7. The molecule has 1 aromatic rings. The third kappa shape index (κ3) is 2.68. The van der Waals surface area contributed by atoms with Crippen LogP contribution in [-0.4, -0.2) is 23.9 Å². The van der Waals surface area contributed by atoms with E-state index in [0.717, 1.165) is 25.9 Å². The zero-order chi connectivity index (χ0) is 12.5. The summed E-state index contributed by atoms with van der Waals surface area (Å²) in [7, 11) is 0. The number of amides is 1. The molecule has 0 saturated carbocycles. The zero-order valence-electron chi connectivity index (χ0n) is 11.0. The van der Waals surface area contributed by atoms with E-state index in [-0.39, 0.29) is 5.41 Å². The molecule has 1 saturated heterocycles. The number of aryl methyl sites for hydroxylation is 1. The van der Waals surface area contributed by atoms with E-state index in [1.165, 1.54) is 11.1 Å². The normalized spacial score (nSPS) is 16.6. The van der Waals surface area contributed by atoms with Crippen LogP contribution in [0, 0.1) is 6.92 Å². The van der Waals surface area contributed by atoms with E-state index in [1.54, 1.807) is 0 Å². The molecule has 0 spiro atoms. The second kappa shape index (κ2) is 4.52. The van der Waals surface area contributed by atoms with Crippen LogP contribution in [0.1, 0.15) is 37.8 Å². The number of hydrogen-bond donors (Lipinski definition) is 0. The van der Waals surface area contributed by atoms with Crippen LogP contribution in [0.25, 0.3) is 0 Å². The fourth-order valence-electron chi connectivity index (χ4n) is 2.44. The largest absolute Gasteiger partial charge is 0.342 e. The minimum atomic E-state index is 0.0354. The molecule has 1 aliphatic rings. The van der Waals surface area contributed by atoms with Gasteiger partial charge in [-0.15, -0.1) is 0 Å². The smallest absolute Gasteiger partial charge is 0.222 e. The summed E-state index contributed by atoms with van der Waals surface area (Å²) in [5.74, 6) is 0.310. The van der Waals surface area contributed by atoms with Crippen LogP contribution < -0.4 is 0 Å². The lowest BCUT2D eigenvalue weighted by Gasteiger charge is -2.30. The Kier molecular flexibility index (Phi) is 3.23. The maximum Gasteiger partial charge on any atom is 0.222 e. The van der Waals surface area contributed by atoms with Gasteiger partial charge in [-0.1, -0.05) is 43.7 Å². The maximum absolute atomic E-state index is 11.7. The van der Waals surface area contributed by atoms with E-state index in [4.69, 9.17) is 0 Å². The van der Waals surface area contributed by atoms with Gasteiger partial charge in [-0.2, -0.15) is 0 Å². The first kappa shape index (κ1) is 12.2. The Morgan fingerprint density at radius 2 is 1.88 bits per heavy atom. The summed E-state index contributed by atoms with van der Waals surface area (Å²) in [5.41, 5.74) is 2.62. The Bertz CT molecular complexity index is 405. The van der Waals surface area contributed by atoms with Crippen LogP contribution in [0.4, 0.5) is 0 Å². The molecule has 1 amide bonds. The molecule has 0 aliphatic carbocycles. The molecule has 0 bridgehead atoms. The van der Waals surface area contributed by atoms with E-state index in [0.29, 0.717) is 5.91 Å². The molecule has 92 valence electrons. The molecule has 1 fully saturated rings. The number of likely N-dealkylation sites (tertiary alicyclic amines) is 1. The summed E-state index contributed by atoms with van der Waals surface area (Å²) < 4.78 is 0. The van der Waals surface area contributed by atoms with Gasteiger partial charge in [0.1, 0.15) is 0 Å². The van der Waals surface area contributed by atoms with Crippen molar-refractivity contribution in [3.63, 3.8) is 0 Å². The lowest BCUT2D eigenvalue weighted by molar-refractivity contribution is -0.128. The van der Waals surface area contributed by atoms with Gasteiger partial charge in [0.2, 0.25) is 5.91 Å². The predicted octanol–water partition coefficient (Wildman–Crippen LogP) is 2.90. The fourth-order valence-corrected chi connectivity index (χ4v) is 2.44. The molecule has 1 heterocycles. The van der Waals surface area contributed by atoms with Crippen LogP contribution in [-0.2, 0) is 10.2 Å². The van der Waals surface area contributed by atoms with Gasteiger partial charge in [-0.05, 0) is 18.9 Å². The lowest BCUT2D eigenvalue weighted by Crippen LogP contribution is -2.37. The SMILES string of the molecule is Cc1ccc(C(C)(C)CN2CCCC2=O)cc1. The monoisotopic (exact) mass is 231 g/mol. The molecule has 1 aliphatic heterocycles. The van der Waals surface area contributed by atoms with Crippen LogP contribution in [0.15, 0.2) is 24.3 Å². The summed E-state index contributed by atoms with van der Waals surface area (Å²) in [6, 6.07) is 8.64. The topological polar surface area (TPSA) is 20.3 Å². The zero-order valence-corrected chi connectivity index (χ0v) is 11.0. The van der Waals surface area contributed by atoms with Gasteiger partial charge in [-0.25, -0.2) is 0 Å². The number of carbonyl (C=O) groups is 1. The predicted molar refractivity (Wildman–Crippen MR) is 70.0 cm³/mol. The molecule has 2 nitrogen and oxygen atoms in total. The van der Waals surface area contributed by atoms with Crippen molar-refractivity contribution in [2.24, 2.45) is 0 Å². The van der Waals surface area contributed by atoms with Crippen LogP contribution in [0.2, 0.25) is 0 Å². The quantitative estimate of drug-likeness (QED) is 0.783. The molecule has 0 aromatic heterocycles. The Labute approximate surface area is 104 Å². The van der Waals surface area contributed by atoms with Crippen LogP contribution >= 0.6 is 0 Å². The molecule has 2 rings (SSSR count). The van der Waals surface area contributed by atoms with E-state index < -0.39 is 0 Å². The van der Waals surface area contributed by atoms with Crippen molar-refractivity contribution in [1.29, 1.82) is 0 Å². The summed E-state index contributed by atoms with van der Waals surface area (Å²) in [6.45, 7) is 8.27. The highest BCUT2D eigenvalue weighted by Gasteiger charge is 2.28. The van der Waals surface area contributed by atoms with Crippen molar-refractivity contribution in [2.75, 3.05) is 13.1 Å². The molecule has 0 atom stereocenters. The minimum absolute atomic E-state index is 0.0354. The van der Waals surface area contributed by atoms with E-state index in [2.05, 4.69) is 45.0 Å². The molecule has 0 radical (unpaired) electrons.